The smallest absolute Gasteiger partial charge is 0.250 e. The third-order valence-electron chi connectivity index (χ3n) is 4.52. The molecule has 1 amide bonds. The number of para-hydroxylation sites is 1. The number of hydrogen-bond acceptors (Lipinski definition) is 5. The van der Waals surface area contributed by atoms with Crippen LogP contribution in [0.2, 0.25) is 0 Å². The molecule has 1 aromatic heterocycles. The number of carbonyl (C=O) groups is 1. The number of aromatic nitrogens is 3. The van der Waals surface area contributed by atoms with E-state index in [1.807, 2.05) is 95.6 Å². The van der Waals surface area contributed by atoms with Crippen molar-refractivity contribution >= 4 is 45.9 Å². The van der Waals surface area contributed by atoms with Gasteiger partial charge in [0, 0.05) is 21.9 Å². The summed E-state index contributed by atoms with van der Waals surface area (Å²) in [5.41, 5.74) is 5.46. The Kier molecular flexibility index (Phi) is 7.84. The van der Waals surface area contributed by atoms with Gasteiger partial charge in [-0.05, 0) is 35.9 Å². The van der Waals surface area contributed by atoms with Crippen molar-refractivity contribution in [2.24, 2.45) is 5.10 Å². The highest BCUT2D eigenvalue weighted by molar-refractivity contribution is 9.10. The average molecular weight is 518 g/mol. The van der Waals surface area contributed by atoms with Crippen molar-refractivity contribution in [2.75, 3.05) is 5.75 Å². The fraction of sp³-hybridized carbons (Fsp3) is 0.0400. The number of allylic oxidation sites excluding steroid dienone is 1. The van der Waals surface area contributed by atoms with Crippen LogP contribution in [0.5, 0.6) is 0 Å². The maximum absolute atomic E-state index is 12.3. The Morgan fingerprint density at radius 2 is 1.67 bits per heavy atom. The summed E-state index contributed by atoms with van der Waals surface area (Å²) in [6.07, 6.45) is 5.24. The van der Waals surface area contributed by atoms with Crippen LogP contribution in [0, 0.1) is 0 Å². The monoisotopic (exact) mass is 517 g/mol. The van der Waals surface area contributed by atoms with E-state index in [9.17, 15) is 4.79 Å². The summed E-state index contributed by atoms with van der Waals surface area (Å²) in [7, 11) is 0. The summed E-state index contributed by atoms with van der Waals surface area (Å²) >= 11 is 4.77. The molecule has 0 aliphatic heterocycles. The van der Waals surface area contributed by atoms with E-state index in [-0.39, 0.29) is 11.7 Å². The highest BCUT2D eigenvalue weighted by Gasteiger charge is 2.17. The number of nitrogens with zero attached hydrogens (tertiary/aromatic N) is 4. The van der Waals surface area contributed by atoms with E-state index in [0.29, 0.717) is 11.0 Å². The van der Waals surface area contributed by atoms with Crippen molar-refractivity contribution in [3.8, 4) is 17.1 Å². The zero-order valence-electron chi connectivity index (χ0n) is 17.5. The maximum Gasteiger partial charge on any atom is 0.250 e. The van der Waals surface area contributed by atoms with Gasteiger partial charge < -0.3 is 0 Å². The van der Waals surface area contributed by atoms with Crippen molar-refractivity contribution < 1.29 is 4.79 Å². The highest BCUT2D eigenvalue weighted by Crippen LogP contribution is 2.28. The first-order valence-electron chi connectivity index (χ1n) is 10.1. The van der Waals surface area contributed by atoms with E-state index in [2.05, 4.69) is 36.7 Å². The molecule has 0 saturated heterocycles. The van der Waals surface area contributed by atoms with Crippen molar-refractivity contribution in [2.45, 2.75) is 5.16 Å². The first kappa shape index (κ1) is 22.7. The van der Waals surface area contributed by atoms with Crippen LogP contribution in [0.25, 0.3) is 23.2 Å². The van der Waals surface area contributed by atoms with Gasteiger partial charge in [-0.25, -0.2) is 5.43 Å². The molecule has 4 aromatic rings. The molecule has 0 atom stereocenters. The van der Waals surface area contributed by atoms with Gasteiger partial charge >= 0.3 is 0 Å². The Bertz CT molecular complexity index is 1260. The average Bonchev–Trinajstić information content (AvgIpc) is 3.28. The van der Waals surface area contributed by atoms with E-state index >= 15 is 0 Å². The van der Waals surface area contributed by atoms with Crippen molar-refractivity contribution in [3.63, 3.8) is 0 Å². The number of rotatable bonds is 8. The molecule has 3 aromatic carbocycles. The minimum Gasteiger partial charge on any atom is -0.272 e. The molecule has 0 unspecified atom stereocenters. The van der Waals surface area contributed by atoms with E-state index in [1.54, 1.807) is 12.3 Å². The molecule has 164 valence electrons. The lowest BCUT2D eigenvalue weighted by Crippen LogP contribution is -2.19. The van der Waals surface area contributed by atoms with Crippen LogP contribution in [-0.2, 0) is 4.79 Å². The number of benzene rings is 3. The molecule has 1 heterocycles. The molecule has 0 aliphatic rings. The fourth-order valence-electron chi connectivity index (χ4n) is 2.99. The van der Waals surface area contributed by atoms with Crippen LogP contribution in [-0.4, -0.2) is 32.6 Å². The molecule has 33 heavy (non-hydrogen) atoms. The van der Waals surface area contributed by atoms with Crippen LogP contribution in [0.3, 0.4) is 0 Å². The van der Waals surface area contributed by atoms with Gasteiger partial charge in [-0.1, -0.05) is 94.4 Å². The maximum atomic E-state index is 12.3. The van der Waals surface area contributed by atoms with Crippen LogP contribution < -0.4 is 5.43 Å². The zero-order chi connectivity index (χ0) is 22.9. The van der Waals surface area contributed by atoms with Gasteiger partial charge in [0.2, 0.25) is 0 Å². The summed E-state index contributed by atoms with van der Waals surface area (Å²) in [4.78, 5) is 12.3. The van der Waals surface area contributed by atoms with Gasteiger partial charge in [0.15, 0.2) is 11.0 Å². The third-order valence-corrected chi connectivity index (χ3v) is 5.98. The molecule has 1 N–H and O–H groups in total. The molecule has 0 spiro atoms. The minimum absolute atomic E-state index is 0.158. The number of nitrogens with one attached hydrogen (secondary N) is 1. The standard InChI is InChI=1S/C25H20BrN5OS/c26-21-15-13-20(14-16-21)24-29-30-25(31(24)22-11-5-2-6-12-22)33-18-23(32)28-27-17-7-10-19-8-3-1-4-9-19/h1-17H,18H2,(H,28,32)/b10-7+,27-17+. The van der Waals surface area contributed by atoms with Gasteiger partial charge in [0.05, 0.1) is 5.75 Å². The van der Waals surface area contributed by atoms with E-state index < -0.39 is 0 Å². The Balaban J connectivity index is 1.43. The van der Waals surface area contributed by atoms with Crippen LogP contribution in [0.15, 0.2) is 106 Å². The number of amides is 1. The van der Waals surface area contributed by atoms with Gasteiger partial charge in [0.25, 0.3) is 5.91 Å². The summed E-state index contributed by atoms with van der Waals surface area (Å²) < 4.78 is 2.94. The molecule has 8 heteroatoms. The second-order valence-electron chi connectivity index (χ2n) is 6.86. The summed E-state index contributed by atoms with van der Waals surface area (Å²) in [6.45, 7) is 0. The van der Waals surface area contributed by atoms with Gasteiger partial charge in [-0.3, -0.25) is 9.36 Å². The minimum atomic E-state index is -0.225. The molecule has 0 fully saturated rings. The summed E-state index contributed by atoms with van der Waals surface area (Å²) in [5.74, 6) is 0.642. The Morgan fingerprint density at radius 1 is 0.970 bits per heavy atom. The topological polar surface area (TPSA) is 72.2 Å². The molecular weight excluding hydrogens is 498 g/mol. The predicted molar refractivity (Wildman–Crippen MR) is 137 cm³/mol. The normalized spacial score (nSPS) is 11.3. The Hall–Kier alpha value is -3.49. The van der Waals surface area contributed by atoms with E-state index in [0.717, 1.165) is 21.3 Å². The highest BCUT2D eigenvalue weighted by atomic mass is 79.9. The van der Waals surface area contributed by atoms with E-state index in [1.165, 1.54) is 11.8 Å². The number of thioether (sulfide) groups is 1. The van der Waals surface area contributed by atoms with Crippen LogP contribution >= 0.6 is 27.7 Å². The van der Waals surface area contributed by atoms with Crippen LogP contribution in [0.4, 0.5) is 0 Å². The van der Waals surface area contributed by atoms with Crippen molar-refractivity contribution in [3.05, 3.63) is 101 Å². The molecule has 6 nitrogen and oxygen atoms in total. The first-order chi connectivity index (χ1) is 16.2. The lowest BCUT2D eigenvalue weighted by molar-refractivity contribution is -0.118. The molecule has 4 rings (SSSR count). The lowest BCUT2D eigenvalue weighted by Gasteiger charge is -2.10. The summed E-state index contributed by atoms with van der Waals surface area (Å²) in [5, 5.41) is 13.3. The van der Waals surface area contributed by atoms with Gasteiger partial charge in [-0.2, -0.15) is 5.10 Å². The molecule has 0 radical (unpaired) electrons. The Morgan fingerprint density at radius 3 is 2.39 bits per heavy atom. The number of hydrazone groups is 1. The molecule has 0 saturated carbocycles. The molecule has 0 bridgehead atoms. The molecule has 0 aliphatic carbocycles. The first-order valence-corrected chi connectivity index (χ1v) is 11.9. The largest absolute Gasteiger partial charge is 0.272 e. The lowest BCUT2D eigenvalue weighted by atomic mass is 10.2. The van der Waals surface area contributed by atoms with Crippen molar-refractivity contribution in [1.82, 2.24) is 20.2 Å². The quantitative estimate of drug-likeness (QED) is 0.187. The summed E-state index contributed by atoms with van der Waals surface area (Å²) in [6, 6.07) is 27.6. The zero-order valence-corrected chi connectivity index (χ0v) is 19.9. The predicted octanol–water partition coefficient (Wildman–Crippen LogP) is 5.60. The second-order valence-corrected chi connectivity index (χ2v) is 8.71. The number of hydrogen-bond donors (Lipinski definition) is 1. The van der Waals surface area contributed by atoms with Gasteiger partial charge in [0.1, 0.15) is 0 Å². The van der Waals surface area contributed by atoms with Crippen LogP contribution in [0.1, 0.15) is 5.56 Å². The SMILES string of the molecule is O=C(CSc1nnc(-c2ccc(Br)cc2)n1-c1ccccc1)N/N=C/C=C/c1ccccc1. The molecular formula is C25H20BrN5OS. The Labute approximate surface area is 204 Å². The second kappa shape index (κ2) is 11.4. The van der Waals surface area contributed by atoms with Gasteiger partial charge in [-0.15, -0.1) is 10.2 Å². The number of halogens is 1. The van der Waals surface area contributed by atoms with E-state index in [4.69, 9.17) is 0 Å². The fourth-order valence-corrected chi connectivity index (χ4v) is 4.00. The third kappa shape index (κ3) is 6.27. The number of carbonyl (C=O) groups excluding carboxylic acids is 1. The van der Waals surface area contributed by atoms with Crippen molar-refractivity contribution in [1.29, 1.82) is 0 Å².